The third kappa shape index (κ3) is 76.2. The summed E-state index contributed by atoms with van der Waals surface area (Å²) in [6.07, 6.45) is 37.4. The summed E-state index contributed by atoms with van der Waals surface area (Å²) in [6.45, 7) is 23.4. The molecular weight excluding hydrogens is 1890 g/mol. The molecule has 0 rings (SSSR count). The molecule has 0 aromatic rings. The van der Waals surface area contributed by atoms with Crippen molar-refractivity contribution in [3.05, 3.63) is 0 Å². The number of hydrogen-bond acceptors (Lipinski definition) is 27. The van der Waals surface area contributed by atoms with Crippen LogP contribution in [-0.2, 0) is 81.5 Å². The molecule has 35 nitrogen and oxygen atoms in total. The Labute approximate surface area is 893 Å². The van der Waals surface area contributed by atoms with E-state index in [2.05, 4.69) is 52.7 Å². The molecule has 0 saturated heterocycles. The standard InChI is InChI=1S/C37H69BN4O8.C36H69BN4O7.C34H63BN4O8.3CH4/c1-6-7-8-9-10-11-12-13-14-15-16-20-30(44)24-29(19-17-18-21-39)37(49)42-35(28(4)43)33(46)22-26(2)36(48)41-31(25-34(40)47)32(45)23-27(3)38(5)50;1-6-7-8-9-10-11-12-13-14-15-16-19-30(43)24-29(25-39)36(47)41-34(28(4)42)33(45)22-26(2)35(46)40-31(20-17-18-21-38)32(44)23-27(3)37(5)48;1-6-7-8-9-10-11-12-13-14-15-16-17-27(41)20-26(22-36)34(46)39-32(25(4)40)30(43)18-23(2)33(45)38-28(21-31(37)44)29(42)19-24(3)35(5)47;;;/h26-29,31,35,43,50H,6-25,39H2,1-5H3,(H2,40,47)(H,41,48)(H,42,49);26-29,31,34,42,48H,6-25,38-39H2,1-5H3,(H,40,46)(H,41,47);23-26,28,32,40,47H,6-22,36H2,1-5H3,(H2,37,44)(H,38,45)(H,39,46);3*1H4/t26-,27-,28-,29-,31+,35+;26-,27-,28-,29+,31+,34+;23-,24-,25-,26+,28+,32+;;;/m111.../s1. The average molecular weight is 2100 g/mol. The van der Waals surface area contributed by atoms with Gasteiger partial charge in [0.05, 0.1) is 61.1 Å². The SMILES string of the molecule is C.C.C.CCCCCCCCCCCCCC(=O)C[C@@H](CCCCN)C(=O)N[C@H](C(=O)C[C@@H](C)C(=O)N[C@@H](CC(N)=O)C(=O)C[C@@H](C)B(C)O)[C@@H](C)O.CCCCCCCCCCCCCC(=O)C[C@@H](CN)C(=O)N[C@H](C(=O)C[C@@H](C)C(=O)N[C@@H](CC(N)=O)C(=O)C[C@@H](C)B(C)O)[C@@H](C)O.CCCCCCCCCCCCCC(=O)C[C@@H](CN)C(=O)N[C@H](C(=O)C[C@@H](C)C(=O)N[C@@H](CCCCN)C(=O)C[C@@H](C)B(C)O)[C@@H](C)O. The minimum Gasteiger partial charge on any atom is -0.450 e. The molecule has 38 heteroatoms. The van der Waals surface area contributed by atoms with Crippen molar-refractivity contribution in [2.45, 2.75) is 538 Å². The van der Waals surface area contributed by atoms with Crippen LogP contribution < -0.4 is 66.3 Å². The van der Waals surface area contributed by atoms with Gasteiger partial charge in [0.2, 0.25) is 47.3 Å². The number of primary amides is 2. The highest BCUT2D eigenvalue weighted by molar-refractivity contribution is 6.51. The average Bonchev–Trinajstić information content (AvgIpc) is 0.866. The van der Waals surface area contributed by atoms with Crippen molar-refractivity contribution in [3.63, 3.8) is 0 Å². The van der Waals surface area contributed by atoms with Crippen molar-refractivity contribution in [1.82, 2.24) is 31.9 Å². The van der Waals surface area contributed by atoms with Gasteiger partial charge in [-0.3, -0.25) is 81.5 Å². The van der Waals surface area contributed by atoms with Gasteiger partial charge in [0.1, 0.15) is 35.5 Å². The lowest BCUT2D eigenvalue weighted by Crippen LogP contribution is -2.52. The number of nitrogens with two attached hydrogens (primary N) is 6. The fourth-order valence-electron chi connectivity index (χ4n) is 16.8. The predicted octanol–water partition coefficient (Wildman–Crippen LogP) is 13.3. The van der Waals surface area contributed by atoms with Crippen LogP contribution in [0.15, 0.2) is 0 Å². The van der Waals surface area contributed by atoms with Crippen molar-refractivity contribution in [3.8, 4) is 0 Å². The van der Waals surface area contributed by atoms with E-state index in [1.807, 2.05) is 0 Å². The third-order valence-electron chi connectivity index (χ3n) is 27.4. The van der Waals surface area contributed by atoms with Crippen LogP contribution in [0.2, 0.25) is 37.9 Å². The molecule has 0 heterocycles. The Bertz CT molecular complexity index is 3660. The summed E-state index contributed by atoms with van der Waals surface area (Å²) >= 11 is 0. The first-order valence-corrected chi connectivity index (χ1v) is 55.5. The molecule has 0 spiro atoms. The largest absolute Gasteiger partial charge is 0.450 e. The lowest BCUT2D eigenvalue weighted by molar-refractivity contribution is -0.136. The van der Waals surface area contributed by atoms with E-state index in [0.29, 0.717) is 70.9 Å². The number of Topliss-reactive ketones (excluding diaryl/α,β-unsaturated/α-hetero) is 9. The number of rotatable bonds is 92. The quantitative estimate of drug-likeness (QED) is 0.0199. The second kappa shape index (κ2) is 93.2. The second-order valence-electron chi connectivity index (χ2n) is 41.8. The van der Waals surface area contributed by atoms with Gasteiger partial charge < -0.3 is 96.7 Å². The number of aliphatic hydroxyl groups is 3. The van der Waals surface area contributed by atoms with E-state index < -0.39 is 211 Å². The number of hydrogen-bond donors (Lipinski definition) is 18. The summed E-state index contributed by atoms with van der Waals surface area (Å²) in [7, 11) is 0. The predicted molar refractivity (Wildman–Crippen MR) is 596 cm³/mol. The van der Waals surface area contributed by atoms with Gasteiger partial charge in [-0.2, -0.15) is 0 Å². The normalized spacial score (nSPS) is 14.7. The molecule has 0 radical (unpaired) electrons. The zero-order valence-corrected chi connectivity index (χ0v) is 92.0. The second-order valence-corrected chi connectivity index (χ2v) is 41.8. The molecule has 148 heavy (non-hydrogen) atoms. The smallest absolute Gasteiger partial charge is 0.289 e. The van der Waals surface area contributed by atoms with Crippen LogP contribution in [0, 0.1) is 35.5 Å². The van der Waals surface area contributed by atoms with E-state index in [0.717, 1.165) is 70.6 Å². The van der Waals surface area contributed by atoms with Crippen LogP contribution in [0.25, 0.3) is 0 Å². The van der Waals surface area contributed by atoms with E-state index in [4.69, 9.17) is 34.4 Å². The fourth-order valence-corrected chi connectivity index (χ4v) is 16.8. The number of carbonyl (C=O) groups is 17. The Balaban J connectivity index is -0.000000506. The minimum absolute atomic E-state index is 0. The molecule has 24 N–H and O–H groups in total. The van der Waals surface area contributed by atoms with Gasteiger partial charge in [0, 0.05) is 114 Å². The van der Waals surface area contributed by atoms with E-state index in [-0.39, 0.29) is 122 Å². The number of nitrogens with one attached hydrogen (secondary N) is 6. The fraction of sp³-hybridized carbons (Fsp3) is 0.845. The zero-order valence-electron chi connectivity index (χ0n) is 92.0. The Morgan fingerprint density at radius 2 is 0.466 bits per heavy atom. The maximum Gasteiger partial charge on any atom is 0.289 e. The highest BCUT2D eigenvalue weighted by Gasteiger charge is 2.39. The molecule has 0 aliphatic rings. The number of aliphatic hydroxyl groups excluding tert-OH is 3. The zero-order chi connectivity index (χ0) is 110. The van der Waals surface area contributed by atoms with E-state index in [1.165, 1.54) is 190 Å². The molecule has 8 amide bonds. The van der Waals surface area contributed by atoms with E-state index in [1.54, 1.807) is 34.5 Å². The number of amides is 8. The Morgan fingerprint density at radius 1 is 0.250 bits per heavy atom. The van der Waals surface area contributed by atoms with Crippen molar-refractivity contribution in [2.75, 3.05) is 26.2 Å². The summed E-state index contributed by atoms with van der Waals surface area (Å²) in [4.78, 5) is 218. The first-order chi connectivity index (χ1) is 68.5. The topological polar surface area (TPSA) is 640 Å². The van der Waals surface area contributed by atoms with Crippen LogP contribution in [0.4, 0.5) is 0 Å². The van der Waals surface area contributed by atoms with Crippen LogP contribution in [0.3, 0.4) is 0 Å². The number of ketones is 9. The molecule has 0 fully saturated rings. The van der Waals surface area contributed by atoms with Gasteiger partial charge >= 0.3 is 0 Å². The van der Waals surface area contributed by atoms with E-state index >= 15 is 0 Å². The van der Waals surface area contributed by atoms with Gasteiger partial charge in [-0.15, -0.1) is 0 Å². The number of unbranched alkanes of at least 4 members (excludes halogenated alkanes) is 32. The van der Waals surface area contributed by atoms with Gasteiger partial charge in [-0.05, 0) is 103 Å². The third-order valence-corrected chi connectivity index (χ3v) is 27.4. The summed E-state index contributed by atoms with van der Waals surface area (Å²) in [5.41, 5.74) is 33.4. The van der Waals surface area contributed by atoms with Crippen molar-refractivity contribution in [2.24, 2.45) is 69.9 Å². The van der Waals surface area contributed by atoms with Gasteiger partial charge in [0.15, 0.2) is 34.7 Å². The Hall–Kier alpha value is -7.42. The van der Waals surface area contributed by atoms with Gasteiger partial charge in [0.25, 0.3) is 20.7 Å². The highest BCUT2D eigenvalue weighted by atomic mass is 16.3. The summed E-state index contributed by atoms with van der Waals surface area (Å²) in [5.74, 6) is -14.5. The molecule has 18 atom stereocenters. The molecule has 0 saturated carbocycles. The maximum absolute atomic E-state index is 13.4. The van der Waals surface area contributed by atoms with Crippen LogP contribution >= 0.6 is 0 Å². The molecule has 0 aromatic carbocycles. The molecule has 860 valence electrons. The first kappa shape index (κ1) is 151. The first-order valence-electron chi connectivity index (χ1n) is 55.5. The number of carbonyl (C=O) groups excluding carboxylic acids is 17. The lowest BCUT2D eigenvalue weighted by Gasteiger charge is -2.25. The Morgan fingerprint density at radius 3 is 0.689 bits per heavy atom. The van der Waals surface area contributed by atoms with Crippen LogP contribution in [0.5, 0.6) is 0 Å². The lowest BCUT2D eigenvalue weighted by atomic mass is 9.58. The summed E-state index contributed by atoms with van der Waals surface area (Å²) in [6, 6.07) is -7.16. The Kier molecular flexibility index (Phi) is 95.2. The van der Waals surface area contributed by atoms with Crippen molar-refractivity contribution < 1.29 is 112 Å². The monoisotopic (exact) mass is 2100 g/mol. The molecular formula is C110H213B3N12O23. The van der Waals surface area contributed by atoms with Gasteiger partial charge in [-0.25, -0.2) is 0 Å². The summed E-state index contributed by atoms with van der Waals surface area (Å²) < 4.78 is 0. The maximum atomic E-state index is 13.4. The molecule has 0 unspecified atom stereocenters. The highest BCUT2D eigenvalue weighted by Crippen LogP contribution is 2.26. The molecule has 0 aromatic heterocycles. The minimum atomic E-state index is -1.34. The molecule has 0 aliphatic carbocycles. The molecule has 0 aliphatic heterocycles. The van der Waals surface area contributed by atoms with Gasteiger partial charge in [-0.1, -0.05) is 304 Å². The van der Waals surface area contributed by atoms with Crippen LogP contribution in [0.1, 0.15) is 446 Å². The van der Waals surface area contributed by atoms with Crippen LogP contribution in [-0.4, -0.2) is 231 Å². The van der Waals surface area contributed by atoms with Crippen molar-refractivity contribution >= 4 is 120 Å². The summed E-state index contributed by atoms with van der Waals surface area (Å²) in [5, 5.41) is 75.8. The van der Waals surface area contributed by atoms with E-state index in [9.17, 15) is 112 Å². The van der Waals surface area contributed by atoms with Crippen molar-refractivity contribution in [1.29, 1.82) is 0 Å². The molecule has 0 bridgehead atoms.